The van der Waals surface area contributed by atoms with E-state index >= 15 is 4.21 Å². The molecule has 0 radical (unpaired) electrons. The second kappa shape index (κ2) is 24.8. The van der Waals surface area contributed by atoms with E-state index in [1.54, 1.807) is 36.6 Å². The molecule has 0 aliphatic carbocycles. The van der Waals surface area contributed by atoms with Crippen LogP contribution in [0.3, 0.4) is 0 Å². The fourth-order valence-corrected chi connectivity index (χ4v) is 10.9. The number of carbonyl (C=O) groups is 9. The average molecular weight is 1000 g/mol. The number of fused-ring (bicyclic) bond motifs is 5. The van der Waals surface area contributed by atoms with Crippen LogP contribution in [0.1, 0.15) is 71.3 Å². The summed E-state index contributed by atoms with van der Waals surface area (Å²) in [6.07, 6.45) is -4.49. The van der Waals surface area contributed by atoms with Crippen LogP contribution < -0.4 is 42.8 Å². The number of unbranched alkanes of at least 4 members (excludes halogenated alkanes) is 1. The molecule has 24 heteroatoms. The van der Waals surface area contributed by atoms with Gasteiger partial charge in [0, 0.05) is 62.1 Å². The van der Waals surface area contributed by atoms with Crippen LogP contribution in [0.25, 0.3) is 10.9 Å². The molecule has 2 aromatic rings. The first-order chi connectivity index (χ1) is 33.2. The number of aryl methyl sites for hydroxylation is 1. The number of Topliss-reactive ketones (excluding diaryl/α,β-unsaturated/α-hetero) is 2. The van der Waals surface area contributed by atoms with Gasteiger partial charge in [-0.3, -0.25) is 47.4 Å². The lowest BCUT2D eigenvalue weighted by molar-refractivity contribution is -0.145. The number of rotatable bonds is 12. The molecule has 1 fully saturated rings. The Labute approximate surface area is 407 Å². The number of ketones is 2. The number of primary amides is 1. The zero-order chi connectivity index (χ0) is 51.6. The van der Waals surface area contributed by atoms with E-state index in [1.807, 2.05) is 0 Å². The van der Waals surface area contributed by atoms with E-state index in [1.165, 1.54) is 14.0 Å². The van der Waals surface area contributed by atoms with Gasteiger partial charge in [-0.05, 0) is 49.4 Å². The number of aliphatic hydroxyl groups is 3. The SMILES string of the molecule is CC[C@H](C)[C@@H]1NC(=O)CNC(=O)C2CC(=O)[C@H]([C@@H](C)[C@@H](O)CO)NC(=O)[C@@H]3CC(O)CN3C(=O)[C@H](CC(N)=O)CC(=O)C(C[S@@](=O)c3c(c4ccc(OC)cc4n3CCCCN)C2)NC(=O)CNC1=O. The van der Waals surface area contributed by atoms with E-state index in [-0.39, 0.29) is 30.0 Å². The summed E-state index contributed by atoms with van der Waals surface area (Å²) in [6.45, 7) is 2.58. The lowest BCUT2D eigenvalue weighted by Crippen LogP contribution is -2.56. The predicted octanol–water partition coefficient (Wildman–Crippen LogP) is -3.22. The van der Waals surface area contributed by atoms with E-state index < -0.39 is 175 Å². The van der Waals surface area contributed by atoms with E-state index in [0.29, 0.717) is 42.5 Å². The largest absolute Gasteiger partial charge is 0.497 e. The number of nitrogens with two attached hydrogens (primary N) is 2. The predicted molar refractivity (Wildman–Crippen MR) is 251 cm³/mol. The molecule has 11 atom stereocenters. The van der Waals surface area contributed by atoms with Crippen molar-refractivity contribution in [2.75, 3.05) is 45.6 Å². The van der Waals surface area contributed by atoms with Gasteiger partial charge >= 0.3 is 0 Å². The van der Waals surface area contributed by atoms with Crippen molar-refractivity contribution in [3.05, 3.63) is 23.8 Å². The molecule has 3 unspecified atom stereocenters. The van der Waals surface area contributed by atoms with Gasteiger partial charge in [0.15, 0.2) is 11.6 Å². The Morgan fingerprint density at radius 1 is 0.914 bits per heavy atom. The Kier molecular flexibility index (Phi) is 19.6. The monoisotopic (exact) mass is 1000 g/mol. The third kappa shape index (κ3) is 13.3. The van der Waals surface area contributed by atoms with Crippen molar-refractivity contribution in [2.24, 2.45) is 35.1 Å². The van der Waals surface area contributed by atoms with Crippen LogP contribution in [0.5, 0.6) is 5.75 Å². The van der Waals surface area contributed by atoms with Crippen LogP contribution >= 0.6 is 0 Å². The van der Waals surface area contributed by atoms with Gasteiger partial charge in [0.05, 0.1) is 79.1 Å². The third-order valence-corrected chi connectivity index (χ3v) is 15.0. The van der Waals surface area contributed by atoms with Gasteiger partial charge in [0.25, 0.3) is 0 Å². The summed E-state index contributed by atoms with van der Waals surface area (Å²) >= 11 is 0. The number of hydrogen-bond donors (Lipinski definition) is 10. The molecule has 12 N–H and O–H groups in total. The number of methoxy groups -OCH3 is 1. The van der Waals surface area contributed by atoms with Crippen LogP contribution in [0.15, 0.2) is 23.2 Å². The van der Waals surface area contributed by atoms with E-state index in [4.69, 9.17) is 16.2 Å². The summed E-state index contributed by atoms with van der Waals surface area (Å²) in [7, 11) is -0.862. The topological polar surface area (TPSA) is 361 Å². The van der Waals surface area contributed by atoms with Crippen LogP contribution in [-0.4, -0.2) is 164 Å². The van der Waals surface area contributed by atoms with Crippen LogP contribution in [-0.2, 0) is 66.9 Å². The number of ether oxygens (including phenoxy) is 1. The molecule has 2 bridgehead atoms. The van der Waals surface area contributed by atoms with Gasteiger partial charge in [-0.15, -0.1) is 0 Å². The van der Waals surface area contributed by atoms with Crippen molar-refractivity contribution in [1.82, 2.24) is 36.1 Å². The van der Waals surface area contributed by atoms with Crippen molar-refractivity contribution in [3.8, 4) is 5.75 Å². The minimum atomic E-state index is -2.30. The minimum Gasteiger partial charge on any atom is -0.497 e. The molecule has 4 heterocycles. The maximum Gasteiger partial charge on any atom is 0.243 e. The molecule has 3 aliphatic heterocycles. The van der Waals surface area contributed by atoms with Gasteiger partial charge in [0.2, 0.25) is 41.4 Å². The molecule has 5 rings (SSSR count). The number of hydrogen-bond acceptors (Lipinski definition) is 15. The van der Waals surface area contributed by atoms with Crippen LogP contribution in [0.2, 0.25) is 0 Å². The smallest absolute Gasteiger partial charge is 0.243 e. The molecule has 7 amide bonds. The number of aromatic nitrogens is 1. The molecule has 386 valence electrons. The van der Waals surface area contributed by atoms with Gasteiger partial charge < -0.3 is 67.6 Å². The molecule has 1 aromatic heterocycles. The van der Waals surface area contributed by atoms with Crippen molar-refractivity contribution in [3.63, 3.8) is 0 Å². The van der Waals surface area contributed by atoms with Crippen molar-refractivity contribution >= 4 is 74.6 Å². The fraction of sp³-hybridized carbons (Fsp3) is 0.630. The summed E-state index contributed by atoms with van der Waals surface area (Å²) in [6, 6.07) is -1.08. The zero-order valence-electron chi connectivity index (χ0n) is 39.9. The normalized spacial score (nSPS) is 27.3. The number of amides is 7. The Morgan fingerprint density at radius 3 is 2.24 bits per heavy atom. The second-order valence-corrected chi connectivity index (χ2v) is 19.8. The molecule has 1 aromatic carbocycles. The highest BCUT2D eigenvalue weighted by Gasteiger charge is 2.45. The van der Waals surface area contributed by atoms with Crippen molar-refractivity contribution in [1.29, 1.82) is 0 Å². The lowest BCUT2D eigenvalue weighted by atomic mass is 9.85. The lowest BCUT2D eigenvalue weighted by Gasteiger charge is -2.32. The fourth-order valence-electron chi connectivity index (χ4n) is 9.24. The Balaban J connectivity index is 1.82. The highest BCUT2D eigenvalue weighted by Crippen LogP contribution is 2.36. The quantitative estimate of drug-likeness (QED) is 0.0936. The summed E-state index contributed by atoms with van der Waals surface area (Å²) < 4.78 is 22.6. The van der Waals surface area contributed by atoms with Gasteiger partial charge in [-0.25, -0.2) is 0 Å². The molecule has 0 spiro atoms. The van der Waals surface area contributed by atoms with E-state index in [9.17, 15) is 58.5 Å². The minimum absolute atomic E-state index is 0.0785. The highest BCUT2D eigenvalue weighted by molar-refractivity contribution is 7.85. The zero-order valence-corrected chi connectivity index (χ0v) is 40.7. The second-order valence-electron chi connectivity index (χ2n) is 18.4. The Bertz CT molecular complexity index is 2340. The Hall–Kier alpha value is -5.82. The van der Waals surface area contributed by atoms with Gasteiger partial charge in [-0.2, -0.15) is 0 Å². The van der Waals surface area contributed by atoms with Crippen molar-refractivity contribution in [2.45, 2.75) is 120 Å². The first-order valence-electron chi connectivity index (χ1n) is 23.6. The summed E-state index contributed by atoms with van der Waals surface area (Å²) in [5, 5.41) is 45.1. The van der Waals surface area contributed by atoms with E-state index in [2.05, 4.69) is 26.6 Å². The first kappa shape index (κ1) is 55.1. The molecule has 1 saturated heterocycles. The number of nitrogens with one attached hydrogen (secondary N) is 5. The number of carbonyl (C=O) groups excluding carboxylic acids is 9. The molecule has 23 nitrogen and oxygen atoms in total. The number of nitrogens with zero attached hydrogens (tertiary/aromatic N) is 2. The van der Waals surface area contributed by atoms with Crippen molar-refractivity contribution < 1.29 is 67.4 Å². The summed E-state index contributed by atoms with van der Waals surface area (Å²) in [5.74, 6) is -13.0. The summed E-state index contributed by atoms with van der Waals surface area (Å²) in [5.41, 5.74) is 12.2. The number of aliphatic hydroxyl groups excluding tert-OH is 3. The molecular formula is C46H67N9O14S. The standard InChI is InChI=1S/C46H67N9O14S/c1-5-23(2)40-44(66)50-18-38(62)51-31-22-70(68)46-30(29-9-8-28(69-4)17-32(29)54(46)11-7-6-10-47)12-25(42(64)49-19-39(63)52-40)13-35(59)41(24(3)36(60)21-56)53-43(65)33-16-27(57)20-55(33)45(67)26(14-34(31)58)15-37(48)61/h8-9,17,23-27,31,33,36,40-41,56-57,60H,5-7,10-16,18-22,47H2,1-4H3,(H2,48,61)(H,49,64)(H,50,66)(H,51,62)(H,52,63)(H,53,65)/t23-,24-,25?,26-,27?,31?,33-,36-,40-,41-,70+/m0/s1. The average Bonchev–Trinajstić information content (AvgIpc) is 3.87. The highest BCUT2D eigenvalue weighted by atomic mass is 32.2. The molecule has 3 aliphatic rings. The third-order valence-electron chi connectivity index (χ3n) is 13.4. The van der Waals surface area contributed by atoms with Gasteiger partial charge in [-0.1, -0.05) is 27.2 Å². The van der Waals surface area contributed by atoms with Gasteiger partial charge in [0.1, 0.15) is 22.9 Å². The molecular weight excluding hydrogens is 935 g/mol. The Morgan fingerprint density at radius 2 is 1.60 bits per heavy atom. The van der Waals surface area contributed by atoms with Crippen LogP contribution in [0.4, 0.5) is 0 Å². The molecule has 0 saturated carbocycles. The maximum absolute atomic E-state index is 15.4. The van der Waals surface area contributed by atoms with E-state index in [0.717, 1.165) is 4.90 Å². The first-order valence-corrected chi connectivity index (χ1v) is 24.9. The molecule has 70 heavy (non-hydrogen) atoms. The maximum atomic E-state index is 15.4. The number of benzene rings is 1. The summed E-state index contributed by atoms with van der Waals surface area (Å²) in [4.78, 5) is 127. The van der Waals surface area contributed by atoms with Crippen LogP contribution in [0, 0.1) is 23.7 Å².